The van der Waals surface area contributed by atoms with E-state index in [0.29, 0.717) is 12.1 Å². The third-order valence-corrected chi connectivity index (χ3v) is 2.92. The molecule has 1 aliphatic rings. The molecular formula is C12H17FN2. The molecule has 15 heavy (non-hydrogen) atoms. The SMILES string of the molecule is CC(NC1CN(C)C1)c1ccc(F)cc1. The molecule has 0 aromatic heterocycles. The Hall–Kier alpha value is -0.930. The molecule has 3 heteroatoms. The van der Waals surface area contributed by atoms with E-state index in [9.17, 15) is 4.39 Å². The quantitative estimate of drug-likeness (QED) is 0.814. The van der Waals surface area contributed by atoms with Gasteiger partial charge in [0.05, 0.1) is 0 Å². The highest BCUT2D eigenvalue weighted by Gasteiger charge is 2.24. The number of hydrogen-bond acceptors (Lipinski definition) is 2. The molecule has 0 spiro atoms. The van der Waals surface area contributed by atoms with E-state index in [0.717, 1.165) is 18.7 Å². The second kappa shape index (κ2) is 4.29. The lowest BCUT2D eigenvalue weighted by molar-refractivity contribution is 0.153. The molecule has 0 amide bonds. The van der Waals surface area contributed by atoms with Gasteiger partial charge in [-0.15, -0.1) is 0 Å². The van der Waals surface area contributed by atoms with Gasteiger partial charge < -0.3 is 10.2 Å². The molecule has 2 nitrogen and oxygen atoms in total. The van der Waals surface area contributed by atoms with Gasteiger partial charge in [0.25, 0.3) is 0 Å². The van der Waals surface area contributed by atoms with Crippen LogP contribution in [0.2, 0.25) is 0 Å². The first kappa shape index (κ1) is 10.6. The number of likely N-dealkylation sites (N-methyl/N-ethyl adjacent to an activating group) is 1. The number of nitrogens with one attached hydrogen (secondary N) is 1. The molecule has 0 saturated carbocycles. The molecule has 1 aromatic rings. The minimum atomic E-state index is -0.172. The Kier molecular flexibility index (Phi) is 3.03. The first-order valence-electron chi connectivity index (χ1n) is 5.35. The van der Waals surface area contributed by atoms with Gasteiger partial charge >= 0.3 is 0 Å². The monoisotopic (exact) mass is 208 g/mol. The highest BCUT2D eigenvalue weighted by molar-refractivity contribution is 5.19. The van der Waals surface area contributed by atoms with Gasteiger partial charge in [-0.1, -0.05) is 12.1 Å². The molecule has 2 rings (SSSR count). The van der Waals surface area contributed by atoms with Crippen molar-refractivity contribution in [1.29, 1.82) is 0 Å². The maximum absolute atomic E-state index is 12.7. The summed E-state index contributed by atoms with van der Waals surface area (Å²) < 4.78 is 12.7. The van der Waals surface area contributed by atoms with Crippen LogP contribution in [-0.4, -0.2) is 31.1 Å². The summed E-state index contributed by atoms with van der Waals surface area (Å²) in [6.45, 7) is 4.32. The molecule has 1 aromatic carbocycles. The largest absolute Gasteiger partial charge is 0.305 e. The smallest absolute Gasteiger partial charge is 0.123 e. The Labute approximate surface area is 90.1 Å². The van der Waals surface area contributed by atoms with Crippen molar-refractivity contribution in [1.82, 2.24) is 10.2 Å². The molecule has 1 unspecified atom stereocenters. The number of rotatable bonds is 3. The van der Waals surface area contributed by atoms with Crippen molar-refractivity contribution in [2.45, 2.75) is 19.0 Å². The predicted octanol–water partition coefficient (Wildman–Crippen LogP) is 1.79. The van der Waals surface area contributed by atoms with Crippen molar-refractivity contribution in [3.63, 3.8) is 0 Å². The summed E-state index contributed by atoms with van der Waals surface area (Å²) >= 11 is 0. The van der Waals surface area contributed by atoms with E-state index < -0.39 is 0 Å². The molecule has 1 fully saturated rings. The Morgan fingerprint density at radius 3 is 2.47 bits per heavy atom. The molecule has 0 bridgehead atoms. The lowest BCUT2D eigenvalue weighted by atomic mass is 10.0. The fourth-order valence-electron chi connectivity index (χ4n) is 2.01. The minimum Gasteiger partial charge on any atom is -0.305 e. The third kappa shape index (κ3) is 2.55. The van der Waals surface area contributed by atoms with E-state index in [1.54, 1.807) is 0 Å². The van der Waals surface area contributed by atoms with E-state index in [-0.39, 0.29) is 5.82 Å². The van der Waals surface area contributed by atoms with E-state index >= 15 is 0 Å². The van der Waals surface area contributed by atoms with E-state index in [1.165, 1.54) is 12.1 Å². The van der Waals surface area contributed by atoms with Gasteiger partial charge in [0, 0.05) is 25.2 Å². The second-order valence-electron chi connectivity index (χ2n) is 4.36. The van der Waals surface area contributed by atoms with Crippen LogP contribution < -0.4 is 5.32 Å². The number of halogens is 1. The van der Waals surface area contributed by atoms with Crippen LogP contribution in [0.15, 0.2) is 24.3 Å². The van der Waals surface area contributed by atoms with Crippen LogP contribution in [0.25, 0.3) is 0 Å². The Morgan fingerprint density at radius 2 is 1.93 bits per heavy atom. The average molecular weight is 208 g/mol. The van der Waals surface area contributed by atoms with Crippen LogP contribution in [0.1, 0.15) is 18.5 Å². The van der Waals surface area contributed by atoms with Gasteiger partial charge in [-0.3, -0.25) is 0 Å². The van der Waals surface area contributed by atoms with Gasteiger partial charge in [-0.05, 0) is 31.7 Å². The maximum Gasteiger partial charge on any atom is 0.123 e. The standard InChI is InChI=1S/C12H17FN2/c1-9(14-12-7-15(2)8-12)10-3-5-11(13)6-4-10/h3-6,9,12,14H,7-8H2,1-2H3. The lowest BCUT2D eigenvalue weighted by Crippen LogP contribution is -2.56. The zero-order chi connectivity index (χ0) is 10.8. The average Bonchev–Trinajstić information content (AvgIpc) is 2.16. The second-order valence-corrected chi connectivity index (χ2v) is 4.36. The summed E-state index contributed by atoms with van der Waals surface area (Å²) in [6.07, 6.45) is 0. The molecular weight excluding hydrogens is 191 g/mol. The van der Waals surface area contributed by atoms with Gasteiger partial charge in [0.15, 0.2) is 0 Å². The Bertz CT molecular complexity index is 317. The molecule has 1 heterocycles. The molecule has 1 N–H and O–H groups in total. The molecule has 82 valence electrons. The topological polar surface area (TPSA) is 15.3 Å². The fraction of sp³-hybridized carbons (Fsp3) is 0.500. The van der Waals surface area contributed by atoms with Crippen LogP contribution in [-0.2, 0) is 0 Å². The van der Waals surface area contributed by atoms with Crippen LogP contribution in [0.3, 0.4) is 0 Å². The summed E-state index contributed by atoms with van der Waals surface area (Å²) in [6, 6.07) is 7.59. The number of hydrogen-bond donors (Lipinski definition) is 1. The molecule has 0 aliphatic carbocycles. The Balaban J connectivity index is 1.90. The van der Waals surface area contributed by atoms with Crippen molar-refractivity contribution >= 4 is 0 Å². The van der Waals surface area contributed by atoms with Crippen LogP contribution in [0.4, 0.5) is 4.39 Å². The summed E-state index contributed by atoms with van der Waals surface area (Å²) in [5.74, 6) is -0.172. The highest BCUT2D eigenvalue weighted by Crippen LogP contribution is 2.15. The normalized spacial score (nSPS) is 19.9. The molecule has 1 aliphatic heterocycles. The van der Waals surface area contributed by atoms with Gasteiger partial charge in [-0.25, -0.2) is 4.39 Å². The van der Waals surface area contributed by atoms with Crippen molar-refractivity contribution in [2.24, 2.45) is 0 Å². The minimum absolute atomic E-state index is 0.172. The Morgan fingerprint density at radius 1 is 1.33 bits per heavy atom. The molecule has 1 atom stereocenters. The summed E-state index contributed by atoms with van der Waals surface area (Å²) in [5.41, 5.74) is 1.14. The zero-order valence-corrected chi connectivity index (χ0v) is 9.20. The van der Waals surface area contributed by atoms with Crippen molar-refractivity contribution < 1.29 is 4.39 Å². The number of nitrogens with zero attached hydrogens (tertiary/aromatic N) is 1. The van der Waals surface area contributed by atoms with E-state index in [4.69, 9.17) is 0 Å². The van der Waals surface area contributed by atoms with Crippen LogP contribution in [0.5, 0.6) is 0 Å². The first-order valence-corrected chi connectivity index (χ1v) is 5.35. The molecule has 0 radical (unpaired) electrons. The maximum atomic E-state index is 12.7. The first-order chi connectivity index (χ1) is 7.15. The van der Waals surface area contributed by atoms with E-state index in [2.05, 4.69) is 24.2 Å². The summed E-state index contributed by atoms with van der Waals surface area (Å²) in [7, 11) is 2.11. The predicted molar refractivity (Wildman–Crippen MR) is 59.2 cm³/mol. The summed E-state index contributed by atoms with van der Waals surface area (Å²) in [5, 5.41) is 3.52. The van der Waals surface area contributed by atoms with Crippen molar-refractivity contribution in [2.75, 3.05) is 20.1 Å². The fourth-order valence-corrected chi connectivity index (χ4v) is 2.01. The van der Waals surface area contributed by atoms with Gasteiger partial charge in [0.2, 0.25) is 0 Å². The van der Waals surface area contributed by atoms with Gasteiger partial charge in [-0.2, -0.15) is 0 Å². The number of likely N-dealkylation sites (tertiary alicyclic amines) is 1. The van der Waals surface area contributed by atoms with Crippen LogP contribution >= 0.6 is 0 Å². The van der Waals surface area contributed by atoms with Crippen molar-refractivity contribution in [3.05, 3.63) is 35.6 Å². The highest BCUT2D eigenvalue weighted by atomic mass is 19.1. The van der Waals surface area contributed by atoms with Crippen LogP contribution in [0, 0.1) is 5.82 Å². The summed E-state index contributed by atoms with van der Waals surface area (Å²) in [4.78, 5) is 2.27. The van der Waals surface area contributed by atoms with Gasteiger partial charge in [0.1, 0.15) is 5.82 Å². The number of benzene rings is 1. The lowest BCUT2D eigenvalue weighted by Gasteiger charge is -2.38. The van der Waals surface area contributed by atoms with E-state index in [1.807, 2.05) is 12.1 Å². The van der Waals surface area contributed by atoms with Crippen molar-refractivity contribution in [3.8, 4) is 0 Å². The third-order valence-electron chi connectivity index (χ3n) is 2.92. The zero-order valence-electron chi connectivity index (χ0n) is 9.20. The molecule has 1 saturated heterocycles.